The van der Waals surface area contributed by atoms with Crippen LogP contribution in [0, 0.1) is 24.0 Å². The molecule has 1 N–H and O–H groups in total. The van der Waals surface area contributed by atoms with Crippen LogP contribution in [0.1, 0.15) is 43.5 Å². The summed E-state index contributed by atoms with van der Waals surface area (Å²) in [7, 11) is 0. The number of imidazole rings is 1. The van der Waals surface area contributed by atoms with Gasteiger partial charge in [-0.15, -0.1) is 0 Å². The lowest BCUT2D eigenvalue weighted by Gasteiger charge is -2.24. The molecule has 1 aliphatic rings. The molecule has 0 amide bonds. The van der Waals surface area contributed by atoms with Crippen LogP contribution in [-0.2, 0) is 0 Å². The second kappa shape index (κ2) is 6.44. The number of aromatic nitrogens is 3. The zero-order valence-electron chi connectivity index (χ0n) is 14.9. The summed E-state index contributed by atoms with van der Waals surface area (Å²) < 4.78 is 7.38. The molecule has 1 saturated carbocycles. The van der Waals surface area contributed by atoms with E-state index in [-0.39, 0.29) is 5.88 Å². The number of nitro groups is 1. The van der Waals surface area contributed by atoms with Crippen molar-refractivity contribution in [2.24, 2.45) is 0 Å². The van der Waals surface area contributed by atoms with Crippen molar-refractivity contribution in [1.29, 1.82) is 0 Å². The van der Waals surface area contributed by atoms with Gasteiger partial charge in [0.25, 0.3) is 0 Å². The quantitative estimate of drug-likeness (QED) is 0.554. The molecule has 0 unspecified atom stereocenters. The summed E-state index contributed by atoms with van der Waals surface area (Å²) in [5.74, 6) is 1.44. The lowest BCUT2D eigenvalue weighted by Crippen LogP contribution is -2.23. The molecule has 3 heterocycles. The smallest absolute Gasteiger partial charge is 0.399 e. The first-order valence-corrected chi connectivity index (χ1v) is 8.91. The Morgan fingerprint density at radius 2 is 2.00 bits per heavy atom. The zero-order valence-corrected chi connectivity index (χ0v) is 14.9. The number of nitrogens with zero attached hydrogens (tertiary/aromatic N) is 4. The third-order valence-corrected chi connectivity index (χ3v) is 4.86. The third kappa shape index (κ3) is 2.91. The average molecular weight is 355 g/mol. The van der Waals surface area contributed by atoms with Gasteiger partial charge in [-0.25, -0.2) is 9.97 Å². The first-order valence-electron chi connectivity index (χ1n) is 8.91. The highest BCUT2D eigenvalue weighted by Gasteiger charge is 2.24. The molecule has 0 spiro atoms. The molecule has 0 atom stereocenters. The van der Waals surface area contributed by atoms with Crippen LogP contribution in [-0.4, -0.2) is 25.3 Å². The van der Waals surface area contributed by atoms with Crippen molar-refractivity contribution in [3.63, 3.8) is 0 Å². The van der Waals surface area contributed by atoms with Crippen LogP contribution >= 0.6 is 0 Å². The van der Waals surface area contributed by atoms with Crippen LogP contribution in [0.2, 0.25) is 0 Å². The maximum Gasteiger partial charge on any atom is 0.433 e. The summed E-state index contributed by atoms with van der Waals surface area (Å²) in [5.41, 5.74) is 2.44. The number of anilines is 1. The second-order valence-electron chi connectivity index (χ2n) is 6.86. The molecule has 8 heteroatoms. The fourth-order valence-electron chi connectivity index (χ4n) is 3.67. The molecule has 4 rings (SSSR count). The van der Waals surface area contributed by atoms with E-state index < -0.39 is 4.92 Å². The van der Waals surface area contributed by atoms with E-state index in [1.54, 1.807) is 6.07 Å². The third-order valence-electron chi connectivity index (χ3n) is 4.86. The van der Waals surface area contributed by atoms with Crippen molar-refractivity contribution >= 4 is 17.5 Å². The van der Waals surface area contributed by atoms with Gasteiger partial charge in [0.1, 0.15) is 10.7 Å². The maximum atomic E-state index is 11.0. The number of hydrogen-bond donors (Lipinski definition) is 1. The van der Waals surface area contributed by atoms with Gasteiger partial charge in [-0.3, -0.25) is 14.5 Å². The van der Waals surface area contributed by atoms with Crippen molar-refractivity contribution in [3.8, 4) is 11.5 Å². The average Bonchev–Trinajstić information content (AvgIpc) is 3.21. The van der Waals surface area contributed by atoms with E-state index in [0.29, 0.717) is 23.3 Å². The fourth-order valence-corrected chi connectivity index (χ4v) is 3.67. The summed E-state index contributed by atoms with van der Waals surface area (Å²) in [6.07, 6.45) is 5.87. The van der Waals surface area contributed by atoms with Gasteiger partial charge in [0, 0.05) is 17.4 Å². The highest BCUT2D eigenvalue weighted by molar-refractivity contribution is 5.73. The Labute approximate surface area is 150 Å². The van der Waals surface area contributed by atoms with E-state index in [2.05, 4.69) is 15.3 Å². The van der Waals surface area contributed by atoms with Gasteiger partial charge >= 0.3 is 5.88 Å². The SMILES string of the molecule is Cc1cc(C)n2c(NC3CCCCC3)c(-c3ccc([N+](=O)[O-])o3)nc2n1. The van der Waals surface area contributed by atoms with Gasteiger partial charge in [0.2, 0.25) is 5.78 Å². The topological polar surface area (TPSA) is 98.5 Å². The monoisotopic (exact) mass is 355 g/mol. The minimum Gasteiger partial charge on any atom is -0.399 e. The molecule has 0 aliphatic heterocycles. The Kier molecular flexibility index (Phi) is 4.10. The van der Waals surface area contributed by atoms with E-state index in [0.717, 1.165) is 30.0 Å². The molecule has 0 aromatic carbocycles. The van der Waals surface area contributed by atoms with E-state index in [1.807, 2.05) is 24.3 Å². The van der Waals surface area contributed by atoms with Crippen LogP contribution < -0.4 is 5.32 Å². The Morgan fingerprint density at radius 1 is 1.23 bits per heavy atom. The molecule has 26 heavy (non-hydrogen) atoms. The molecule has 1 aliphatic carbocycles. The van der Waals surface area contributed by atoms with Gasteiger partial charge in [-0.05, 0) is 38.8 Å². The molecule has 8 nitrogen and oxygen atoms in total. The highest BCUT2D eigenvalue weighted by atomic mass is 16.6. The van der Waals surface area contributed by atoms with Crippen LogP contribution in [0.4, 0.5) is 11.7 Å². The molecular weight excluding hydrogens is 334 g/mol. The summed E-state index contributed by atoms with van der Waals surface area (Å²) in [6.45, 7) is 3.93. The van der Waals surface area contributed by atoms with E-state index in [1.165, 1.54) is 25.3 Å². The molecule has 3 aromatic heterocycles. The number of furan rings is 1. The minimum atomic E-state index is -0.540. The van der Waals surface area contributed by atoms with Gasteiger partial charge in [0.15, 0.2) is 11.5 Å². The summed E-state index contributed by atoms with van der Waals surface area (Å²) in [6, 6.07) is 5.30. The maximum absolute atomic E-state index is 11.0. The van der Waals surface area contributed by atoms with Crippen molar-refractivity contribution in [2.45, 2.75) is 52.0 Å². The van der Waals surface area contributed by atoms with Gasteiger partial charge in [-0.1, -0.05) is 19.3 Å². The predicted molar refractivity (Wildman–Crippen MR) is 97.3 cm³/mol. The molecule has 3 aromatic rings. The van der Waals surface area contributed by atoms with Crippen molar-refractivity contribution in [2.75, 3.05) is 5.32 Å². The molecule has 0 bridgehead atoms. The number of hydrogen-bond acceptors (Lipinski definition) is 6. The lowest BCUT2D eigenvalue weighted by atomic mass is 9.95. The van der Waals surface area contributed by atoms with Crippen LogP contribution in [0.5, 0.6) is 0 Å². The summed E-state index contributed by atoms with van der Waals surface area (Å²) in [4.78, 5) is 19.6. The van der Waals surface area contributed by atoms with Crippen LogP contribution in [0.25, 0.3) is 17.2 Å². The normalized spacial score (nSPS) is 15.5. The first-order chi connectivity index (χ1) is 12.5. The highest BCUT2D eigenvalue weighted by Crippen LogP contribution is 2.34. The van der Waals surface area contributed by atoms with Gasteiger partial charge in [0.05, 0.1) is 6.07 Å². The van der Waals surface area contributed by atoms with Crippen LogP contribution in [0.15, 0.2) is 22.6 Å². The van der Waals surface area contributed by atoms with E-state index >= 15 is 0 Å². The number of fused-ring (bicyclic) bond motifs is 1. The summed E-state index contributed by atoms with van der Waals surface area (Å²) in [5, 5.41) is 14.6. The largest absolute Gasteiger partial charge is 0.433 e. The van der Waals surface area contributed by atoms with Crippen molar-refractivity contribution in [1.82, 2.24) is 14.4 Å². The van der Waals surface area contributed by atoms with Gasteiger partial charge < -0.3 is 9.73 Å². The number of aryl methyl sites for hydroxylation is 2. The zero-order chi connectivity index (χ0) is 18.3. The Balaban J connectivity index is 1.85. The predicted octanol–water partition coefficient (Wildman–Crippen LogP) is 4.26. The molecule has 1 fully saturated rings. The van der Waals surface area contributed by atoms with Gasteiger partial charge in [-0.2, -0.15) is 0 Å². The second-order valence-corrected chi connectivity index (χ2v) is 6.86. The van der Waals surface area contributed by atoms with E-state index in [4.69, 9.17) is 4.42 Å². The summed E-state index contributed by atoms with van der Waals surface area (Å²) >= 11 is 0. The van der Waals surface area contributed by atoms with Crippen molar-refractivity contribution < 1.29 is 9.34 Å². The molecule has 136 valence electrons. The fraction of sp³-hybridized carbons (Fsp3) is 0.444. The Bertz CT molecular complexity index is 969. The number of rotatable bonds is 4. The lowest BCUT2D eigenvalue weighted by molar-refractivity contribution is -0.401. The first kappa shape index (κ1) is 16.6. The van der Waals surface area contributed by atoms with Crippen LogP contribution in [0.3, 0.4) is 0 Å². The van der Waals surface area contributed by atoms with E-state index in [9.17, 15) is 10.1 Å². The minimum absolute atomic E-state index is 0.290. The molecular formula is C18H21N5O3. The van der Waals surface area contributed by atoms with Crippen molar-refractivity contribution in [3.05, 3.63) is 39.7 Å². The Morgan fingerprint density at radius 3 is 2.69 bits per heavy atom. The molecule has 0 saturated heterocycles. The number of nitrogens with one attached hydrogen (secondary N) is 1. The molecule has 0 radical (unpaired) electrons. The Hall–Kier alpha value is -2.90. The standard InChI is InChI=1S/C18H21N5O3/c1-11-10-12(2)22-17(20-13-6-4-3-5-7-13)16(21-18(22)19-11)14-8-9-15(26-14)23(24)25/h8-10,13,20H,3-7H2,1-2H3.